The standard InChI is InChI=1S/C25H19Cl5N2/c26-21-22(27)25(30)18-15-11-14(17(18)24(21,29)23(25)28)16-19(12-7-3-1-4-8-12)31-32(20(15)16)13-9-5-2-6-10-13/h1-10,14-15,17-18,21-23H,11H2/t14-,15-,17?,18?,21?,22?,23+,24+,25?/m1/s1. The van der Waals surface area contributed by atoms with Gasteiger partial charge in [0.25, 0.3) is 0 Å². The molecule has 3 saturated carbocycles. The SMILES string of the molecule is ClC1C(Cl)[C@@]2(Cl)C3C([C@H]4C[C@@H]3c3c(-c5ccccc5)nn(-c5ccccc5)c34)C1(Cl)[C@H]2Cl. The number of hydrogen-bond donors (Lipinski definition) is 0. The second-order valence-corrected chi connectivity index (χ2v) is 12.3. The number of hydrogen-bond acceptors (Lipinski definition) is 1. The molecule has 1 aromatic heterocycles. The van der Waals surface area contributed by atoms with E-state index in [1.54, 1.807) is 0 Å². The van der Waals surface area contributed by atoms with Crippen LogP contribution in [0.3, 0.4) is 0 Å². The minimum absolute atomic E-state index is 0.0713. The van der Waals surface area contributed by atoms with Crippen LogP contribution in [-0.2, 0) is 0 Å². The molecule has 1 heterocycles. The van der Waals surface area contributed by atoms with E-state index in [0.29, 0.717) is 0 Å². The van der Waals surface area contributed by atoms with Crippen LogP contribution >= 0.6 is 58.0 Å². The molecule has 0 spiro atoms. The second-order valence-electron chi connectivity index (χ2n) is 9.58. The van der Waals surface area contributed by atoms with Gasteiger partial charge in [-0.25, -0.2) is 4.68 Å². The molecule has 3 aromatic rings. The van der Waals surface area contributed by atoms with E-state index in [1.165, 1.54) is 11.3 Å². The maximum absolute atomic E-state index is 7.31. The molecule has 7 rings (SSSR count). The van der Waals surface area contributed by atoms with E-state index in [4.69, 9.17) is 63.1 Å². The predicted molar refractivity (Wildman–Crippen MR) is 132 cm³/mol. The third-order valence-electron chi connectivity index (χ3n) is 8.39. The van der Waals surface area contributed by atoms with Crippen molar-refractivity contribution in [2.24, 2.45) is 11.8 Å². The number of para-hydroxylation sites is 1. The van der Waals surface area contributed by atoms with E-state index in [1.807, 2.05) is 24.3 Å². The number of alkyl halides is 5. The van der Waals surface area contributed by atoms with Gasteiger partial charge >= 0.3 is 0 Å². The van der Waals surface area contributed by atoms with Crippen LogP contribution in [0.4, 0.5) is 0 Å². The van der Waals surface area contributed by atoms with Gasteiger partial charge in [-0.2, -0.15) is 5.10 Å². The summed E-state index contributed by atoms with van der Waals surface area (Å²) in [5.41, 5.74) is 5.67. The molecular weight excluding hydrogens is 506 g/mol. The van der Waals surface area contributed by atoms with Crippen molar-refractivity contribution in [3.8, 4) is 16.9 Å². The molecule has 0 radical (unpaired) electrons. The fourth-order valence-electron chi connectivity index (χ4n) is 7.33. The lowest BCUT2D eigenvalue weighted by atomic mass is 9.69. The highest BCUT2D eigenvalue weighted by Crippen LogP contribution is 2.79. The van der Waals surface area contributed by atoms with Gasteiger partial charge in [-0.1, -0.05) is 48.5 Å². The van der Waals surface area contributed by atoms with Gasteiger partial charge in [0.2, 0.25) is 0 Å². The average molecular weight is 525 g/mol. The monoisotopic (exact) mass is 522 g/mol. The van der Waals surface area contributed by atoms with Crippen molar-refractivity contribution < 1.29 is 0 Å². The van der Waals surface area contributed by atoms with Crippen molar-refractivity contribution in [1.29, 1.82) is 0 Å². The number of fused-ring (bicyclic) bond motifs is 12. The van der Waals surface area contributed by atoms with E-state index in [2.05, 4.69) is 41.1 Å². The smallest absolute Gasteiger partial charge is 0.0965 e. The lowest BCUT2D eigenvalue weighted by Crippen LogP contribution is -2.51. The van der Waals surface area contributed by atoms with Gasteiger partial charge in [0.15, 0.2) is 0 Å². The van der Waals surface area contributed by atoms with Crippen molar-refractivity contribution in [1.82, 2.24) is 9.78 Å². The van der Waals surface area contributed by atoms with Gasteiger partial charge < -0.3 is 0 Å². The Labute approximate surface area is 211 Å². The summed E-state index contributed by atoms with van der Waals surface area (Å²) in [4.78, 5) is -1.67. The van der Waals surface area contributed by atoms with Gasteiger partial charge in [-0.3, -0.25) is 0 Å². The number of nitrogens with zero attached hydrogens (tertiary/aromatic N) is 2. The predicted octanol–water partition coefficient (Wildman–Crippen LogP) is 7.16. The molecule has 5 unspecified atom stereocenters. The topological polar surface area (TPSA) is 17.8 Å². The number of halogens is 5. The van der Waals surface area contributed by atoms with Gasteiger partial charge in [-0.05, 0) is 36.3 Å². The largest absolute Gasteiger partial charge is 0.237 e. The molecule has 3 fully saturated rings. The molecule has 2 nitrogen and oxygen atoms in total. The molecule has 0 saturated heterocycles. The van der Waals surface area contributed by atoms with Gasteiger partial charge in [-0.15, -0.1) is 58.0 Å². The summed E-state index contributed by atoms with van der Waals surface area (Å²) >= 11 is 35.2. The summed E-state index contributed by atoms with van der Waals surface area (Å²) in [6, 6.07) is 20.6. The maximum Gasteiger partial charge on any atom is 0.0965 e. The van der Waals surface area contributed by atoms with Crippen LogP contribution < -0.4 is 0 Å². The summed E-state index contributed by atoms with van der Waals surface area (Å²) in [6.07, 6.45) is 0.981. The van der Waals surface area contributed by atoms with Crippen molar-refractivity contribution in [2.45, 2.75) is 44.1 Å². The molecule has 9 atom stereocenters. The Kier molecular flexibility index (Phi) is 4.23. The Morgan fingerprint density at radius 1 is 0.781 bits per heavy atom. The molecule has 0 amide bonds. The van der Waals surface area contributed by atoms with Crippen LogP contribution in [-0.4, -0.2) is 35.7 Å². The van der Waals surface area contributed by atoms with E-state index < -0.39 is 25.9 Å². The van der Waals surface area contributed by atoms with Crippen molar-refractivity contribution in [2.75, 3.05) is 0 Å². The molecule has 2 aromatic carbocycles. The van der Waals surface area contributed by atoms with Crippen LogP contribution in [0.25, 0.3) is 16.9 Å². The molecule has 4 bridgehead atoms. The summed E-state index contributed by atoms with van der Waals surface area (Å²) in [5.74, 6) is 0.546. The highest BCUT2D eigenvalue weighted by Gasteiger charge is 2.83. The second kappa shape index (κ2) is 6.61. The third-order valence-corrected chi connectivity index (χ3v) is 12.3. The van der Waals surface area contributed by atoms with E-state index in [9.17, 15) is 0 Å². The number of aromatic nitrogens is 2. The maximum atomic E-state index is 7.31. The number of rotatable bonds is 2. The Hall–Kier alpha value is -0.900. The number of benzene rings is 2. The minimum atomic E-state index is -0.836. The van der Waals surface area contributed by atoms with E-state index in [-0.39, 0.29) is 23.7 Å². The molecule has 4 aliphatic rings. The van der Waals surface area contributed by atoms with Crippen molar-refractivity contribution in [3.63, 3.8) is 0 Å². The fourth-order valence-corrected chi connectivity index (χ4v) is 10.4. The average Bonchev–Trinajstić information content (AvgIpc) is 3.57. The third kappa shape index (κ3) is 2.16. The molecule has 7 heteroatoms. The Balaban J connectivity index is 1.49. The van der Waals surface area contributed by atoms with Crippen LogP contribution in [0.15, 0.2) is 60.7 Å². The first-order chi connectivity index (χ1) is 15.4. The van der Waals surface area contributed by atoms with Gasteiger partial charge in [0, 0.05) is 17.0 Å². The Morgan fingerprint density at radius 3 is 1.97 bits per heavy atom. The first kappa shape index (κ1) is 20.5. The summed E-state index contributed by atoms with van der Waals surface area (Å²) < 4.78 is 2.11. The van der Waals surface area contributed by atoms with Crippen molar-refractivity contribution >= 4 is 58.0 Å². The quantitative estimate of drug-likeness (QED) is 0.257. The molecule has 0 N–H and O–H groups in total. The zero-order valence-electron chi connectivity index (χ0n) is 16.8. The Morgan fingerprint density at radius 2 is 1.34 bits per heavy atom. The first-order valence-electron chi connectivity index (χ1n) is 10.9. The molecule has 32 heavy (non-hydrogen) atoms. The fraction of sp³-hybridized carbons (Fsp3) is 0.400. The van der Waals surface area contributed by atoms with E-state index >= 15 is 0 Å². The van der Waals surface area contributed by atoms with Gasteiger partial charge in [0.1, 0.15) is 0 Å². The van der Waals surface area contributed by atoms with Crippen molar-refractivity contribution in [3.05, 3.63) is 71.9 Å². The van der Waals surface area contributed by atoms with Gasteiger partial charge in [0.05, 0.1) is 43.0 Å². The highest BCUT2D eigenvalue weighted by atomic mass is 35.5. The molecule has 4 aliphatic carbocycles. The Bertz CT molecular complexity index is 1140. The molecule has 0 aliphatic heterocycles. The van der Waals surface area contributed by atoms with Crippen LogP contribution in [0, 0.1) is 11.8 Å². The molecular formula is C25H19Cl5N2. The summed E-state index contributed by atoms with van der Waals surface area (Å²) in [5, 5.41) is 3.72. The lowest BCUT2D eigenvalue weighted by molar-refractivity contribution is 0.248. The van der Waals surface area contributed by atoms with Crippen LogP contribution in [0.1, 0.15) is 29.5 Å². The van der Waals surface area contributed by atoms with Crippen LogP contribution in [0.2, 0.25) is 0 Å². The van der Waals surface area contributed by atoms with E-state index in [0.717, 1.165) is 23.4 Å². The summed E-state index contributed by atoms with van der Waals surface area (Å²) in [6.45, 7) is 0. The van der Waals surface area contributed by atoms with Crippen LogP contribution in [0.5, 0.6) is 0 Å². The summed E-state index contributed by atoms with van der Waals surface area (Å²) in [7, 11) is 0. The zero-order valence-corrected chi connectivity index (χ0v) is 20.6. The first-order valence-corrected chi connectivity index (χ1v) is 13.0. The molecule has 164 valence electrons. The minimum Gasteiger partial charge on any atom is -0.237 e. The highest BCUT2D eigenvalue weighted by molar-refractivity contribution is 6.49. The normalized spacial score (nSPS) is 43.0. The zero-order chi connectivity index (χ0) is 22.0. The lowest BCUT2D eigenvalue weighted by Gasteiger charge is -2.45.